The van der Waals surface area contributed by atoms with Crippen LogP contribution in [-0.2, 0) is 29.0 Å². The van der Waals surface area contributed by atoms with Gasteiger partial charge in [0.05, 0.1) is 11.3 Å². The zero-order valence-corrected chi connectivity index (χ0v) is 15.0. The lowest BCUT2D eigenvalue weighted by Gasteiger charge is -2.06. The maximum atomic E-state index is 12.0. The van der Waals surface area contributed by atoms with E-state index in [1.54, 1.807) is 6.07 Å². The third-order valence-electron chi connectivity index (χ3n) is 4.16. The van der Waals surface area contributed by atoms with Gasteiger partial charge in [0.2, 0.25) is 0 Å². The Morgan fingerprint density at radius 3 is 3.08 bits per heavy atom. The summed E-state index contributed by atoms with van der Waals surface area (Å²) < 4.78 is 5.82. The van der Waals surface area contributed by atoms with Crippen LogP contribution in [0.5, 0.6) is 0 Å². The Morgan fingerprint density at radius 1 is 1.28 bits per heavy atom. The highest BCUT2D eigenvalue weighted by atomic mass is 32.2. The second-order valence-electron chi connectivity index (χ2n) is 5.88. The number of thiophene rings is 1. The second-order valence-corrected chi connectivity index (χ2v) is 7.85. The molecule has 1 N–H and O–H groups in total. The molecule has 5 nitrogen and oxygen atoms in total. The van der Waals surface area contributed by atoms with E-state index in [2.05, 4.69) is 28.2 Å². The lowest BCUT2D eigenvalue weighted by molar-refractivity contribution is -0.141. The molecule has 2 aromatic heterocycles. The van der Waals surface area contributed by atoms with Crippen molar-refractivity contribution in [3.05, 3.63) is 57.0 Å². The molecular weight excluding hydrogens is 356 g/mol. The summed E-state index contributed by atoms with van der Waals surface area (Å²) in [4.78, 5) is 31.9. The molecule has 0 bridgehead atoms. The van der Waals surface area contributed by atoms with E-state index in [4.69, 9.17) is 4.74 Å². The van der Waals surface area contributed by atoms with E-state index in [0.717, 1.165) is 17.7 Å². The number of aromatic amines is 1. The fourth-order valence-corrected chi connectivity index (χ4v) is 4.44. The van der Waals surface area contributed by atoms with Crippen molar-refractivity contribution in [3.63, 3.8) is 0 Å². The summed E-state index contributed by atoms with van der Waals surface area (Å²) in [5, 5.41) is 1.82. The van der Waals surface area contributed by atoms with Gasteiger partial charge in [-0.05, 0) is 54.0 Å². The number of aryl methyl sites for hydroxylation is 2. The molecule has 0 saturated heterocycles. The number of fused-ring (bicyclic) bond motifs is 2. The summed E-state index contributed by atoms with van der Waals surface area (Å²) in [5.74, 6) is 0.286. The van der Waals surface area contributed by atoms with Crippen LogP contribution in [0, 0.1) is 0 Å². The lowest BCUT2D eigenvalue weighted by Crippen LogP contribution is -2.14. The van der Waals surface area contributed by atoms with Crippen molar-refractivity contribution in [1.29, 1.82) is 0 Å². The third-order valence-corrected chi connectivity index (χ3v) is 6.03. The Labute approximate surface area is 152 Å². The normalized spacial score (nSPS) is 13.1. The third kappa shape index (κ3) is 3.62. The Bertz CT molecular complexity index is 993. The van der Waals surface area contributed by atoms with Crippen molar-refractivity contribution in [3.8, 4) is 0 Å². The second kappa shape index (κ2) is 7.01. The fourth-order valence-electron chi connectivity index (χ4n) is 2.96. The summed E-state index contributed by atoms with van der Waals surface area (Å²) in [6.45, 7) is -0.0232. The summed E-state index contributed by atoms with van der Waals surface area (Å²) in [5.41, 5.74) is 3.25. The number of rotatable bonds is 5. The number of nitrogens with zero attached hydrogens (tertiary/aromatic N) is 1. The van der Waals surface area contributed by atoms with Gasteiger partial charge in [-0.25, -0.2) is 4.98 Å². The van der Waals surface area contributed by atoms with Crippen LogP contribution in [0.3, 0.4) is 0 Å². The smallest absolute Gasteiger partial charge is 0.316 e. The fraction of sp³-hybridized carbons (Fsp3) is 0.278. The number of benzene rings is 1. The molecule has 0 spiro atoms. The number of H-pyrrole nitrogens is 1. The molecule has 1 aliphatic carbocycles. The average molecular weight is 372 g/mol. The van der Waals surface area contributed by atoms with Gasteiger partial charge in [0.1, 0.15) is 17.1 Å². The maximum absolute atomic E-state index is 12.0. The molecule has 0 fully saturated rings. The van der Waals surface area contributed by atoms with Crippen molar-refractivity contribution in [1.82, 2.24) is 9.97 Å². The minimum Gasteiger partial charge on any atom is -0.457 e. The minimum absolute atomic E-state index is 0.0232. The Balaban J connectivity index is 1.33. The zero-order chi connectivity index (χ0) is 17.2. The predicted octanol–water partition coefficient (Wildman–Crippen LogP) is 3.31. The standard InChI is InChI=1S/C18H16N2O3S2/c21-16(10-25-13-5-4-11-2-1-3-12(11)8-13)23-9-15-19-14-6-7-24-17(14)18(22)20-15/h4-8H,1-3,9-10H2,(H,19,20,22). The molecule has 0 saturated carbocycles. The van der Waals surface area contributed by atoms with E-state index in [-0.39, 0.29) is 23.9 Å². The van der Waals surface area contributed by atoms with Crippen LogP contribution < -0.4 is 5.56 Å². The number of hydrogen-bond acceptors (Lipinski definition) is 6. The first-order valence-electron chi connectivity index (χ1n) is 8.06. The molecule has 0 radical (unpaired) electrons. The summed E-state index contributed by atoms with van der Waals surface area (Å²) in [6, 6.07) is 8.17. The highest BCUT2D eigenvalue weighted by Gasteiger charge is 2.12. The first-order valence-corrected chi connectivity index (χ1v) is 9.92. The van der Waals surface area contributed by atoms with Gasteiger partial charge in [-0.15, -0.1) is 23.1 Å². The van der Waals surface area contributed by atoms with Gasteiger partial charge in [-0.2, -0.15) is 0 Å². The van der Waals surface area contributed by atoms with Crippen LogP contribution in [0.1, 0.15) is 23.4 Å². The highest BCUT2D eigenvalue weighted by molar-refractivity contribution is 8.00. The Kier molecular flexibility index (Phi) is 4.59. The lowest BCUT2D eigenvalue weighted by atomic mass is 10.1. The molecule has 2 heterocycles. The number of nitrogens with one attached hydrogen (secondary N) is 1. The van der Waals surface area contributed by atoms with E-state index in [0.29, 0.717) is 16.0 Å². The van der Waals surface area contributed by atoms with E-state index >= 15 is 0 Å². The van der Waals surface area contributed by atoms with E-state index in [1.807, 2.05) is 5.38 Å². The van der Waals surface area contributed by atoms with Gasteiger partial charge < -0.3 is 9.72 Å². The van der Waals surface area contributed by atoms with Crippen molar-refractivity contribution < 1.29 is 9.53 Å². The van der Waals surface area contributed by atoms with Crippen LogP contribution in [0.4, 0.5) is 0 Å². The van der Waals surface area contributed by atoms with Crippen molar-refractivity contribution in [2.45, 2.75) is 30.8 Å². The molecule has 1 aromatic carbocycles. The van der Waals surface area contributed by atoms with Crippen LogP contribution in [0.2, 0.25) is 0 Å². The quantitative estimate of drug-likeness (QED) is 0.549. The van der Waals surface area contributed by atoms with E-state index in [9.17, 15) is 9.59 Å². The van der Waals surface area contributed by atoms with E-state index in [1.165, 1.54) is 40.6 Å². The van der Waals surface area contributed by atoms with Crippen LogP contribution in [0.25, 0.3) is 10.2 Å². The average Bonchev–Trinajstić information content (AvgIpc) is 3.26. The summed E-state index contributed by atoms with van der Waals surface area (Å²) in [7, 11) is 0. The molecule has 7 heteroatoms. The van der Waals surface area contributed by atoms with Crippen molar-refractivity contribution in [2.75, 3.05) is 5.75 Å². The molecule has 4 rings (SSSR count). The SMILES string of the molecule is O=C(CSc1ccc2c(c1)CCC2)OCc1nc2ccsc2c(=O)[nH]1. The molecule has 0 atom stereocenters. The van der Waals surface area contributed by atoms with Crippen LogP contribution in [-0.4, -0.2) is 21.7 Å². The number of thioether (sulfide) groups is 1. The monoisotopic (exact) mass is 372 g/mol. The van der Waals surface area contributed by atoms with Gasteiger partial charge in [0, 0.05) is 4.90 Å². The molecule has 1 aliphatic rings. The molecule has 0 aliphatic heterocycles. The number of carbonyl (C=O) groups is 1. The van der Waals surface area contributed by atoms with Crippen molar-refractivity contribution >= 4 is 39.3 Å². The Morgan fingerprint density at radius 2 is 2.16 bits per heavy atom. The van der Waals surface area contributed by atoms with Crippen LogP contribution >= 0.6 is 23.1 Å². The first kappa shape index (κ1) is 16.4. The molecule has 25 heavy (non-hydrogen) atoms. The van der Waals surface area contributed by atoms with Gasteiger partial charge >= 0.3 is 5.97 Å². The predicted molar refractivity (Wildman–Crippen MR) is 99.2 cm³/mol. The van der Waals surface area contributed by atoms with Gasteiger partial charge in [0.25, 0.3) is 5.56 Å². The topological polar surface area (TPSA) is 72.0 Å². The number of aromatic nitrogens is 2. The number of hydrogen-bond donors (Lipinski definition) is 1. The summed E-state index contributed by atoms with van der Waals surface area (Å²) >= 11 is 2.82. The minimum atomic E-state index is -0.321. The molecular formula is C18H16N2O3S2. The molecule has 0 amide bonds. The maximum Gasteiger partial charge on any atom is 0.316 e. The largest absolute Gasteiger partial charge is 0.457 e. The summed E-state index contributed by atoms with van der Waals surface area (Å²) in [6.07, 6.45) is 3.49. The first-order chi connectivity index (χ1) is 12.2. The highest BCUT2D eigenvalue weighted by Crippen LogP contribution is 2.27. The van der Waals surface area contributed by atoms with Crippen molar-refractivity contribution in [2.24, 2.45) is 0 Å². The molecule has 0 unspecified atom stereocenters. The Hall–Kier alpha value is -2.12. The number of carbonyl (C=O) groups excluding carboxylic acids is 1. The van der Waals surface area contributed by atoms with Gasteiger partial charge in [-0.1, -0.05) is 6.07 Å². The molecule has 3 aromatic rings. The zero-order valence-electron chi connectivity index (χ0n) is 13.4. The van der Waals surface area contributed by atoms with Crippen LogP contribution in [0.15, 0.2) is 39.3 Å². The van der Waals surface area contributed by atoms with Gasteiger partial charge in [-0.3, -0.25) is 9.59 Å². The number of ether oxygens (including phenoxy) is 1. The van der Waals surface area contributed by atoms with E-state index < -0.39 is 0 Å². The molecule has 128 valence electrons. The van der Waals surface area contributed by atoms with Gasteiger partial charge in [0.15, 0.2) is 0 Å². The number of esters is 1.